The second-order valence-corrected chi connectivity index (χ2v) is 6.12. The molecule has 1 amide bonds. The van der Waals surface area contributed by atoms with Crippen LogP contribution in [0.3, 0.4) is 0 Å². The third-order valence-corrected chi connectivity index (χ3v) is 3.99. The fraction of sp³-hybridized carbons (Fsp3) is 0.444. The first-order valence-electron chi connectivity index (χ1n) is 8.51. The van der Waals surface area contributed by atoms with Gasteiger partial charge in [0, 0.05) is 12.6 Å². The lowest BCUT2D eigenvalue weighted by Crippen LogP contribution is -2.46. The lowest BCUT2D eigenvalue weighted by Gasteiger charge is -2.14. The third kappa shape index (κ3) is 4.04. The zero-order valence-electron chi connectivity index (χ0n) is 15.1. The van der Waals surface area contributed by atoms with Crippen molar-refractivity contribution in [3.05, 3.63) is 56.4 Å². The Morgan fingerprint density at radius 2 is 1.84 bits per heavy atom. The Morgan fingerprint density at radius 3 is 2.40 bits per heavy atom. The second kappa shape index (κ2) is 7.92. The molecule has 0 bridgehead atoms. The summed E-state index contributed by atoms with van der Waals surface area (Å²) < 4.78 is 2.18. The molecule has 1 unspecified atom stereocenters. The molecule has 2 aromatic rings. The van der Waals surface area contributed by atoms with E-state index in [2.05, 4.69) is 10.4 Å². The van der Waals surface area contributed by atoms with Crippen LogP contribution in [0.5, 0.6) is 0 Å². The molecule has 7 nitrogen and oxygen atoms in total. The van der Waals surface area contributed by atoms with Gasteiger partial charge in [0.1, 0.15) is 0 Å². The maximum atomic E-state index is 12.6. The third-order valence-electron chi connectivity index (χ3n) is 3.99. The number of hydrogen-bond acceptors (Lipinski definition) is 4. The molecule has 0 saturated carbocycles. The minimum atomic E-state index is -0.656. The molecule has 7 heteroatoms. The highest BCUT2D eigenvalue weighted by Gasteiger charge is 2.20. The minimum absolute atomic E-state index is 0.0897. The fourth-order valence-electron chi connectivity index (χ4n) is 2.33. The van der Waals surface area contributed by atoms with Crippen molar-refractivity contribution >= 4 is 5.91 Å². The van der Waals surface area contributed by atoms with Crippen molar-refractivity contribution in [2.45, 2.75) is 53.1 Å². The quantitative estimate of drug-likeness (QED) is 0.863. The van der Waals surface area contributed by atoms with E-state index in [9.17, 15) is 14.4 Å². The Morgan fingerprint density at radius 1 is 1.20 bits per heavy atom. The molecule has 0 fully saturated rings. The van der Waals surface area contributed by atoms with Crippen molar-refractivity contribution in [1.82, 2.24) is 19.7 Å². The summed E-state index contributed by atoms with van der Waals surface area (Å²) in [6.07, 6.45) is 1.33. The van der Waals surface area contributed by atoms with Crippen molar-refractivity contribution < 1.29 is 4.79 Å². The first-order valence-corrected chi connectivity index (χ1v) is 8.51. The van der Waals surface area contributed by atoms with E-state index >= 15 is 0 Å². The van der Waals surface area contributed by atoms with Gasteiger partial charge in [0.15, 0.2) is 0 Å². The summed E-state index contributed by atoms with van der Waals surface area (Å²) in [5.41, 5.74) is 0.0761. The molecule has 0 saturated heterocycles. The maximum Gasteiger partial charge on any atom is 0.352 e. The number of carbonyl (C=O) groups is 1. The smallest absolute Gasteiger partial charge is 0.348 e. The molecule has 0 radical (unpaired) electrons. The Hall–Kier alpha value is -2.70. The average Bonchev–Trinajstić information content (AvgIpc) is 2.59. The van der Waals surface area contributed by atoms with E-state index in [0.29, 0.717) is 12.1 Å². The highest BCUT2D eigenvalue weighted by molar-refractivity contribution is 5.91. The van der Waals surface area contributed by atoms with Gasteiger partial charge in [-0.05, 0) is 38.8 Å². The van der Waals surface area contributed by atoms with Gasteiger partial charge in [-0.15, -0.1) is 0 Å². The zero-order valence-corrected chi connectivity index (χ0v) is 15.1. The van der Waals surface area contributed by atoms with E-state index in [4.69, 9.17) is 0 Å². The summed E-state index contributed by atoms with van der Waals surface area (Å²) in [6.45, 7) is 7.81. The van der Waals surface area contributed by atoms with Crippen LogP contribution in [-0.2, 0) is 6.54 Å². The van der Waals surface area contributed by atoms with Gasteiger partial charge in [0.25, 0.3) is 11.5 Å². The Labute approximate surface area is 146 Å². The molecule has 1 N–H and O–H groups in total. The molecule has 1 aromatic carbocycles. The number of nitrogens with one attached hydrogen (secondary N) is 1. The standard InChI is InChI=1S/C18H24N4O3/c1-5-11-21-17(24)15(16(23)19-13(4)6-2)20-22(18(21)25)14-9-7-12(3)8-10-14/h7-10,13H,5-6,11H2,1-4H3,(H,19,23). The summed E-state index contributed by atoms with van der Waals surface area (Å²) in [5, 5.41) is 6.79. The number of hydrogen-bond donors (Lipinski definition) is 1. The highest BCUT2D eigenvalue weighted by Crippen LogP contribution is 2.05. The molecule has 134 valence electrons. The van der Waals surface area contributed by atoms with Gasteiger partial charge in [0.05, 0.1) is 5.69 Å². The Bertz CT molecular complexity index is 865. The number of benzene rings is 1. The van der Waals surface area contributed by atoms with Gasteiger partial charge in [-0.3, -0.25) is 14.2 Å². The summed E-state index contributed by atoms with van der Waals surface area (Å²) in [7, 11) is 0. The van der Waals surface area contributed by atoms with Gasteiger partial charge in [0.2, 0.25) is 5.69 Å². The summed E-state index contributed by atoms with van der Waals surface area (Å²) in [6, 6.07) is 7.07. The highest BCUT2D eigenvalue weighted by atomic mass is 16.2. The SMILES string of the molecule is CCCn1c(=O)c(C(=O)NC(C)CC)nn(-c2ccc(C)cc2)c1=O. The van der Waals surface area contributed by atoms with E-state index in [1.54, 1.807) is 12.1 Å². The first-order chi connectivity index (χ1) is 11.9. The van der Waals surface area contributed by atoms with Crippen LogP contribution >= 0.6 is 0 Å². The lowest BCUT2D eigenvalue weighted by atomic mass is 10.2. The number of amides is 1. The molecule has 1 aromatic heterocycles. The van der Waals surface area contributed by atoms with Crippen molar-refractivity contribution in [1.29, 1.82) is 0 Å². The summed E-state index contributed by atoms with van der Waals surface area (Å²) >= 11 is 0. The molecule has 25 heavy (non-hydrogen) atoms. The van der Waals surface area contributed by atoms with Crippen LogP contribution in [0.25, 0.3) is 5.69 Å². The molecule has 0 aliphatic carbocycles. The van der Waals surface area contributed by atoms with Crippen molar-refractivity contribution in [2.75, 3.05) is 0 Å². The van der Waals surface area contributed by atoms with Crippen LogP contribution in [0.1, 0.15) is 49.7 Å². The average molecular weight is 344 g/mol. The molecule has 2 rings (SSSR count). The van der Waals surface area contributed by atoms with Crippen LogP contribution in [0.2, 0.25) is 0 Å². The van der Waals surface area contributed by atoms with Crippen LogP contribution < -0.4 is 16.6 Å². The Kier molecular flexibility index (Phi) is 5.90. The van der Waals surface area contributed by atoms with E-state index in [1.165, 1.54) is 0 Å². The van der Waals surface area contributed by atoms with Crippen LogP contribution in [-0.4, -0.2) is 26.3 Å². The van der Waals surface area contributed by atoms with Crippen LogP contribution in [0.15, 0.2) is 33.9 Å². The number of aromatic nitrogens is 3. The minimum Gasteiger partial charge on any atom is -0.348 e. The van der Waals surface area contributed by atoms with Crippen LogP contribution in [0, 0.1) is 6.92 Å². The van der Waals surface area contributed by atoms with E-state index < -0.39 is 17.2 Å². The van der Waals surface area contributed by atoms with Gasteiger partial charge in [-0.25, -0.2) is 4.79 Å². The fourth-order valence-corrected chi connectivity index (χ4v) is 2.33. The number of aryl methyl sites for hydroxylation is 1. The van der Waals surface area contributed by atoms with Crippen molar-refractivity contribution in [3.8, 4) is 5.69 Å². The van der Waals surface area contributed by atoms with E-state index in [-0.39, 0.29) is 18.3 Å². The summed E-state index contributed by atoms with van der Waals surface area (Å²) in [5.74, 6) is -0.565. The molecular formula is C18H24N4O3. The molecule has 0 aliphatic rings. The van der Waals surface area contributed by atoms with Gasteiger partial charge in [-0.1, -0.05) is 31.5 Å². The van der Waals surface area contributed by atoms with Gasteiger partial charge < -0.3 is 5.32 Å². The number of nitrogens with zero attached hydrogens (tertiary/aromatic N) is 3. The molecular weight excluding hydrogens is 320 g/mol. The molecule has 0 spiro atoms. The molecule has 0 aliphatic heterocycles. The van der Waals surface area contributed by atoms with Gasteiger partial charge in [-0.2, -0.15) is 9.78 Å². The monoisotopic (exact) mass is 344 g/mol. The Balaban J connectivity index is 2.64. The normalized spacial score (nSPS) is 12.0. The first kappa shape index (κ1) is 18.6. The predicted octanol–water partition coefficient (Wildman–Crippen LogP) is 1.64. The topological polar surface area (TPSA) is 86.0 Å². The lowest BCUT2D eigenvalue weighted by molar-refractivity contribution is 0.0929. The van der Waals surface area contributed by atoms with E-state index in [1.807, 2.05) is 39.8 Å². The van der Waals surface area contributed by atoms with Gasteiger partial charge >= 0.3 is 5.69 Å². The van der Waals surface area contributed by atoms with Crippen molar-refractivity contribution in [2.24, 2.45) is 0 Å². The number of carbonyl (C=O) groups excluding carboxylic acids is 1. The number of rotatable bonds is 6. The summed E-state index contributed by atoms with van der Waals surface area (Å²) in [4.78, 5) is 37.6. The maximum absolute atomic E-state index is 12.6. The van der Waals surface area contributed by atoms with Crippen molar-refractivity contribution in [3.63, 3.8) is 0 Å². The largest absolute Gasteiger partial charge is 0.352 e. The predicted molar refractivity (Wildman–Crippen MR) is 96.3 cm³/mol. The van der Waals surface area contributed by atoms with Crippen LogP contribution in [0.4, 0.5) is 0 Å². The zero-order chi connectivity index (χ0) is 18.6. The van der Waals surface area contributed by atoms with E-state index in [0.717, 1.165) is 21.2 Å². The molecule has 1 heterocycles. The molecule has 1 atom stereocenters. The second-order valence-electron chi connectivity index (χ2n) is 6.12.